The molecule has 3 heterocycles. The van der Waals surface area contributed by atoms with E-state index in [2.05, 4.69) is 32.1 Å². The van der Waals surface area contributed by atoms with Gasteiger partial charge in [-0.3, -0.25) is 9.79 Å². The number of rotatable bonds is 5. The van der Waals surface area contributed by atoms with Crippen molar-refractivity contribution in [2.75, 3.05) is 20.1 Å². The Labute approximate surface area is 196 Å². The Morgan fingerprint density at radius 2 is 2.10 bits per heavy atom. The molecule has 0 bridgehead atoms. The smallest absolute Gasteiger partial charge is 0.242 e. The highest BCUT2D eigenvalue weighted by Gasteiger charge is 2.21. The van der Waals surface area contributed by atoms with Crippen LogP contribution < -0.4 is 10.6 Å². The zero-order chi connectivity index (χ0) is 20.1. The molecule has 0 spiro atoms. The lowest BCUT2D eigenvalue weighted by Crippen LogP contribution is -2.45. The van der Waals surface area contributed by atoms with Gasteiger partial charge in [-0.05, 0) is 35.6 Å². The molecule has 0 radical (unpaired) electrons. The fourth-order valence-electron chi connectivity index (χ4n) is 3.23. The normalized spacial score (nSPS) is 13.4. The second-order valence-corrected chi connectivity index (χ2v) is 7.72. The molecular weight excluding hydrogens is 513 g/mol. The van der Waals surface area contributed by atoms with Crippen molar-refractivity contribution >= 4 is 47.2 Å². The Kier molecular flexibility index (Phi) is 7.86. The zero-order valence-corrected chi connectivity index (χ0v) is 19.8. The van der Waals surface area contributed by atoms with Crippen LogP contribution in [0, 0.1) is 0 Å². The van der Waals surface area contributed by atoms with Gasteiger partial charge in [-0.1, -0.05) is 18.2 Å². The highest BCUT2D eigenvalue weighted by molar-refractivity contribution is 14.0. The molecule has 3 aromatic rings. The number of amides is 1. The van der Waals surface area contributed by atoms with E-state index in [1.54, 1.807) is 24.6 Å². The van der Waals surface area contributed by atoms with Crippen LogP contribution in [0.5, 0.6) is 0 Å². The Hall–Kier alpha value is -2.40. The molecule has 1 aliphatic heterocycles. The van der Waals surface area contributed by atoms with Gasteiger partial charge in [0, 0.05) is 30.6 Å². The van der Waals surface area contributed by atoms with Crippen molar-refractivity contribution in [3.05, 3.63) is 64.2 Å². The number of hydrogen-bond donors (Lipinski definition) is 2. The van der Waals surface area contributed by atoms with Crippen molar-refractivity contribution in [1.82, 2.24) is 20.5 Å². The van der Waals surface area contributed by atoms with E-state index in [9.17, 15) is 4.79 Å². The van der Waals surface area contributed by atoms with Crippen molar-refractivity contribution < 1.29 is 9.21 Å². The summed E-state index contributed by atoms with van der Waals surface area (Å²) in [7, 11) is 1.68. The van der Waals surface area contributed by atoms with E-state index in [0.717, 1.165) is 24.2 Å². The Morgan fingerprint density at radius 1 is 1.27 bits per heavy atom. The van der Waals surface area contributed by atoms with E-state index in [0.29, 0.717) is 24.9 Å². The summed E-state index contributed by atoms with van der Waals surface area (Å²) in [5.74, 6) is 1.20. The molecule has 7 nitrogen and oxygen atoms in total. The largest absolute Gasteiger partial charge is 0.444 e. The second kappa shape index (κ2) is 10.6. The first-order valence-corrected chi connectivity index (χ1v) is 10.4. The predicted molar refractivity (Wildman–Crippen MR) is 129 cm³/mol. The maximum absolute atomic E-state index is 12.5. The van der Waals surface area contributed by atoms with Crippen LogP contribution in [0.15, 0.2) is 57.5 Å². The number of nitrogens with zero attached hydrogens (tertiary/aromatic N) is 3. The summed E-state index contributed by atoms with van der Waals surface area (Å²) >= 11 is 1.77. The molecule has 1 amide bonds. The van der Waals surface area contributed by atoms with Crippen LogP contribution in [0.4, 0.5) is 0 Å². The van der Waals surface area contributed by atoms with Gasteiger partial charge in [0.15, 0.2) is 5.96 Å². The Balaban J connectivity index is 0.00000256. The molecule has 0 saturated carbocycles. The first-order chi connectivity index (χ1) is 14.2. The molecule has 0 atom stereocenters. The lowest BCUT2D eigenvalue weighted by atomic mass is 10.1. The van der Waals surface area contributed by atoms with Gasteiger partial charge < -0.3 is 20.0 Å². The van der Waals surface area contributed by atoms with Crippen molar-refractivity contribution in [3.63, 3.8) is 0 Å². The van der Waals surface area contributed by atoms with Crippen LogP contribution in [0.3, 0.4) is 0 Å². The Morgan fingerprint density at radius 3 is 2.90 bits per heavy atom. The van der Waals surface area contributed by atoms with E-state index >= 15 is 0 Å². The summed E-state index contributed by atoms with van der Waals surface area (Å²) in [6.07, 6.45) is 2.56. The predicted octanol–water partition coefficient (Wildman–Crippen LogP) is 3.27. The minimum Gasteiger partial charge on any atom is -0.444 e. The van der Waals surface area contributed by atoms with Crippen LogP contribution >= 0.6 is 35.3 Å². The number of carbonyl (C=O) groups excluding carboxylic acids is 1. The first-order valence-electron chi connectivity index (χ1n) is 9.50. The molecule has 158 valence electrons. The van der Waals surface area contributed by atoms with Gasteiger partial charge in [-0.2, -0.15) is 0 Å². The third-order valence-corrected chi connectivity index (χ3v) is 5.82. The molecule has 9 heteroatoms. The number of hydrogen-bond acceptors (Lipinski definition) is 5. The minimum atomic E-state index is 0. The van der Waals surface area contributed by atoms with Gasteiger partial charge in [0.2, 0.25) is 11.8 Å². The summed E-state index contributed by atoms with van der Waals surface area (Å²) < 4.78 is 5.54. The standard InChI is InChI=1S/C21H23N5O2S.HI/c1-22-21(23-11-17-14-28-20(25-17)15-5-3-2-4-6-15)24-12-19(27)26-9-7-18-16(13-26)8-10-29-18;/h2-6,8,10,14H,7,9,11-13H2,1H3,(H2,22,23,24);1H. The number of aliphatic imine (C=N–C) groups is 1. The van der Waals surface area contributed by atoms with E-state index < -0.39 is 0 Å². The lowest BCUT2D eigenvalue weighted by Gasteiger charge is -2.27. The molecule has 30 heavy (non-hydrogen) atoms. The van der Waals surface area contributed by atoms with Crippen LogP contribution in [-0.2, 0) is 24.3 Å². The first kappa shape index (κ1) is 22.3. The molecule has 0 unspecified atom stereocenters. The average Bonchev–Trinajstić information content (AvgIpc) is 3.43. The summed E-state index contributed by atoms with van der Waals surface area (Å²) in [6, 6.07) is 11.9. The number of carbonyl (C=O) groups is 1. The van der Waals surface area contributed by atoms with Crippen LogP contribution in [0.25, 0.3) is 11.5 Å². The van der Waals surface area contributed by atoms with Crippen molar-refractivity contribution in [2.24, 2.45) is 4.99 Å². The molecule has 2 aromatic heterocycles. The third-order valence-electron chi connectivity index (χ3n) is 4.80. The van der Waals surface area contributed by atoms with Crippen molar-refractivity contribution in [3.8, 4) is 11.5 Å². The SMILES string of the molecule is CN=C(NCC(=O)N1CCc2sccc2C1)NCc1coc(-c2ccccc2)n1.I. The number of oxazole rings is 1. The number of nitrogens with one attached hydrogen (secondary N) is 2. The topological polar surface area (TPSA) is 82.8 Å². The highest BCUT2D eigenvalue weighted by atomic mass is 127. The molecule has 0 fully saturated rings. The third kappa shape index (κ3) is 5.39. The van der Waals surface area contributed by atoms with E-state index in [1.165, 1.54) is 10.4 Å². The molecule has 0 aliphatic carbocycles. The molecule has 4 rings (SSSR count). The summed E-state index contributed by atoms with van der Waals surface area (Å²) in [6.45, 7) is 2.10. The van der Waals surface area contributed by atoms with Crippen molar-refractivity contribution in [1.29, 1.82) is 0 Å². The van der Waals surface area contributed by atoms with E-state index in [1.807, 2.05) is 35.2 Å². The summed E-state index contributed by atoms with van der Waals surface area (Å²) in [4.78, 5) is 24.5. The van der Waals surface area contributed by atoms with Gasteiger partial charge in [0.25, 0.3) is 0 Å². The van der Waals surface area contributed by atoms with Crippen LogP contribution in [0.1, 0.15) is 16.1 Å². The number of guanidine groups is 1. The number of thiophene rings is 1. The number of benzene rings is 1. The van der Waals surface area contributed by atoms with Crippen LogP contribution in [-0.4, -0.2) is 41.9 Å². The zero-order valence-electron chi connectivity index (χ0n) is 16.6. The number of halogens is 1. The molecule has 0 saturated heterocycles. The fourth-order valence-corrected chi connectivity index (χ4v) is 4.12. The lowest BCUT2D eigenvalue weighted by molar-refractivity contribution is -0.130. The summed E-state index contributed by atoms with van der Waals surface area (Å²) in [5.41, 5.74) is 2.96. The molecular formula is C21H24IN5O2S. The van der Waals surface area contributed by atoms with Gasteiger partial charge >= 0.3 is 0 Å². The minimum absolute atomic E-state index is 0. The Bertz CT molecular complexity index is 1000. The quantitative estimate of drug-likeness (QED) is 0.297. The molecule has 1 aromatic carbocycles. The summed E-state index contributed by atoms with van der Waals surface area (Å²) in [5, 5.41) is 8.35. The average molecular weight is 537 g/mol. The second-order valence-electron chi connectivity index (χ2n) is 6.72. The van der Waals surface area contributed by atoms with Crippen LogP contribution in [0.2, 0.25) is 0 Å². The molecule has 1 aliphatic rings. The van der Waals surface area contributed by atoms with Gasteiger partial charge in [0.1, 0.15) is 6.26 Å². The monoisotopic (exact) mass is 537 g/mol. The highest BCUT2D eigenvalue weighted by Crippen LogP contribution is 2.23. The van der Waals surface area contributed by atoms with Gasteiger partial charge in [-0.25, -0.2) is 4.98 Å². The van der Waals surface area contributed by atoms with E-state index in [-0.39, 0.29) is 36.4 Å². The van der Waals surface area contributed by atoms with Crippen molar-refractivity contribution in [2.45, 2.75) is 19.5 Å². The maximum atomic E-state index is 12.5. The number of fused-ring (bicyclic) bond motifs is 1. The number of aromatic nitrogens is 1. The van der Waals surface area contributed by atoms with Gasteiger partial charge in [0.05, 0.1) is 18.8 Å². The maximum Gasteiger partial charge on any atom is 0.242 e. The molecule has 2 N–H and O–H groups in total. The van der Waals surface area contributed by atoms with E-state index in [4.69, 9.17) is 4.42 Å². The van der Waals surface area contributed by atoms with Gasteiger partial charge in [-0.15, -0.1) is 35.3 Å². The fraction of sp³-hybridized carbons (Fsp3) is 0.286.